The van der Waals surface area contributed by atoms with E-state index in [1.54, 1.807) is 0 Å². The van der Waals surface area contributed by atoms with Crippen molar-refractivity contribution in [2.24, 2.45) is 0 Å². The molecule has 0 heterocycles. The smallest absolute Gasteiger partial charge is 0.164 e. The zero-order chi connectivity index (χ0) is 18.6. The van der Waals surface area contributed by atoms with Crippen LogP contribution in [0.4, 0.5) is 0 Å². The molecule has 0 saturated heterocycles. The molecule has 156 valence electrons. The minimum Gasteiger partial charge on any atom is -0.367 e. The Hall–Kier alpha value is -0.420. The molecule has 0 aliphatic carbocycles. The highest BCUT2D eigenvalue weighted by Crippen LogP contribution is 2.10. The van der Waals surface area contributed by atoms with Gasteiger partial charge in [0, 0.05) is 13.0 Å². The number of aliphatic hydroxyl groups excluding tert-OH is 1. The Balaban J connectivity index is 0. The van der Waals surface area contributed by atoms with Gasteiger partial charge in [0.1, 0.15) is 5.78 Å². The van der Waals surface area contributed by atoms with Gasteiger partial charge in [-0.3, -0.25) is 4.79 Å². The molecule has 0 aliphatic rings. The maximum atomic E-state index is 11.5. The molecule has 0 unspecified atom stereocenters. The molecule has 0 amide bonds. The zero-order valence-electron chi connectivity index (χ0n) is 16.8. The number of carbonyl (C=O) groups is 1. The number of hydrogen-bond donors (Lipinski definition) is 3. The van der Waals surface area contributed by atoms with Crippen molar-refractivity contribution in [2.75, 3.05) is 13.1 Å². The monoisotopic (exact) mass is 391 g/mol. The normalized spacial score (nSPS) is 11.2. The van der Waals surface area contributed by atoms with Crippen molar-refractivity contribution in [3.63, 3.8) is 0 Å². The van der Waals surface area contributed by atoms with E-state index in [0.29, 0.717) is 6.42 Å². The van der Waals surface area contributed by atoms with Gasteiger partial charge in [0.25, 0.3) is 0 Å². The van der Waals surface area contributed by atoms with Crippen LogP contribution in [0.5, 0.6) is 0 Å². The number of carbonyl (C=O) groups excluding carboxylic acids is 1. The molecule has 0 atom stereocenters. The van der Waals surface area contributed by atoms with E-state index in [0.717, 1.165) is 12.8 Å². The third-order valence-corrected chi connectivity index (χ3v) is 4.37. The number of allylic oxidation sites excluding steroid dienone is 2. The van der Waals surface area contributed by atoms with E-state index in [4.69, 9.17) is 10.2 Å². The summed E-state index contributed by atoms with van der Waals surface area (Å²) in [6.07, 6.45) is 20.2. The third-order valence-electron chi connectivity index (χ3n) is 4.37. The molecule has 4 nitrogen and oxygen atoms in total. The number of rotatable bonds is 19. The lowest BCUT2D eigenvalue weighted by Gasteiger charge is -2.05. The highest BCUT2D eigenvalue weighted by molar-refractivity contribution is 5.85. The highest BCUT2D eigenvalue weighted by Gasteiger charge is 2.02. The van der Waals surface area contributed by atoms with Crippen molar-refractivity contribution in [2.45, 2.75) is 103 Å². The first-order valence-corrected chi connectivity index (χ1v) is 10.4. The molecule has 26 heavy (non-hydrogen) atoms. The van der Waals surface area contributed by atoms with Crippen LogP contribution in [0, 0.1) is 0 Å². The van der Waals surface area contributed by atoms with Crippen molar-refractivity contribution in [3.05, 3.63) is 12.2 Å². The summed E-state index contributed by atoms with van der Waals surface area (Å²) in [5.74, 6) is 0.151. The van der Waals surface area contributed by atoms with Crippen LogP contribution < -0.4 is 5.32 Å². The van der Waals surface area contributed by atoms with Crippen LogP contribution in [0.25, 0.3) is 0 Å². The fourth-order valence-corrected chi connectivity index (χ4v) is 2.82. The van der Waals surface area contributed by atoms with E-state index in [9.17, 15) is 4.79 Å². The Morgan fingerprint density at radius 1 is 0.846 bits per heavy atom. The van der Waals surface area contributed by atoms with Gasteiger partial charge in [-0.15, -0.1) is 12.4 Å². The second-order valence-corrected chi connectivity index (χ2v) is 6.98. The molecule has 0 radical (unpaired) electrons. The molecule has 0 bridgehead atoms. The molecule has 0 fully saturated rings. The van der Waals surface area contributed by atoms with Crippen LogP contribution >= 0.6 is 12.4 Å². The molecule has 0 rings (SSSR count). The quantitative estimate of drug-likeness (QED) is 0.166. The molecule has 0 aromatic heterocycles. The van der Waals surface area contributed by atoms with Gasteiger partial charge in [0.2, 0.25) is 0 Å². The van der Waals surface area contributed by atoms with E-state index in [2.05, 4.69) is 24.4 Å². The Labute approximate surface area is 167 Å². The topological polar surface area (TPSA) is 69.6 Å². The summed E-state index contributed by atoms with van der Waals surface area (Å²) in [4.78, 5) is 11.5. The van der Waals surface area contributed by atoms with Gasteiger partial charge in [-0.25, -0.2) is 0 Å². The molecule has 0 aromatic rings. The number of ketones is 1. The van der Waals surface area contributed by atoms with Crippen LogP contribution in [0.1, 0.15) is 96.8 Å². The second-order valence-electron chi connectivity index (χ2n) is 6.98. The fraction of sp³-hybridized carbons (Fsp3) is 0.857. The lowest BCUT2D eigenvalue weighted by Crippen LogP contribution is -2.30. The second kappa shape index (κ2) is 22.6. The van der Waals surface area contributed by atoms with Gasteiger partial charge in [-0.05, 0) is 32.1 Å². The van der Waals surface area contributed by atoms with Crippen LogP contribution in [-0.2, 0) is 4.79 Å². The average Bonchev–Trinajstić information content (AvgIpc) is 2.58. The van der Waals surface area contributed by atoms with Crippen molar-refractivity contribution < 1.29 is 15.0 Å². The van der Waals surface area contributed by atoms with E-state index in [1.807, 2.05) is 0 Å². The largest absolute Gasteiger partial charge is 0.367 e. The van der Waals surface area contributed by atoms with Gasteiger partial charge in [0.15, 0.2) is 6.29 Å². The zero-order valence-corrected chi connectivity index (χ0v) is 17.6. The predicted octanol–water partition coefficient (Wildman–Crippen LogP) is 4.92. The van der Waals surface area contributed by atoms with Crippen molar-refractivity contribution in [1.29, 1.82) is 0 Å². The number of halogens is 1. The molecule has 0 aromatic carbocycles. The van der Waals surface area contributed by atoms with Gasteiger partial charge in [0.05, 0.1) is 6.54 Å². The standard InChI is InChI=1S/C21H41NO3.ClH/c1-2-3-4-5-6-7-8-9-10-11-12-13-14-15-16-17-20(23)18-22-19-21(24)25;/h9-10,21-22,24-25H,2-8,11-19H2,1H3;1H. The molecular formula is C21H42ClNO3. The Bertz CT molecular complexity index is 322. The summed E-state index contributed by atoms with van der Waals surface area (Å²) < 4.78 is 0. The molecule has 5 heteroatoms. The van der Waals surface area contributed by atoms with Crippen LogP contribution in [-0.4, -0.2) is 35.4 Å². The van der Waals surface area contributed by atoms with Gasteiger partial charge < -0.3 is 15.5 Å². The highest BCUT2D eigenvalue weighted by atomic mass is 35.5. The van der Waals surface area contributed by atoms with Crippen LogP contribution in [0.3, 0.4) is 0 Å². The Kier molecular flexibility index (Phi) is 24.2. The number of aliphatic hydroxyl groups is 2. The molecule has 0 saturated carbocycles. The van der Waals surface area contributed by atoms with Crippen molar-refractivity contribution >= 4 is 18.2 Å². The third kappa shape index (κ3) is 23.6. The van der Waals surface area contributed by atoms with E-state index in [-0.39, 0.29) is 31.3 Å². The lowest BCUT2D eigenvalue weighted by molar-refractivity contribution is -0.118. The van der Waals surface area contributed by atoms with E-state index in [1.165, 1.54) is 70.6 Å². The maximum Gasteiger partial charge on any atom is 0.164 e. The van der Waals surface area contributed by atoms with Crippen molar-refractivity contribution in [1.82, 2.24) is 5.32 Å². The minimum absolute atomic E-state index is 0. The minimum atomic E-state index is -1.38. The Morgan fingerprint density at radius 3 is 1.88 bits per heavy atom. The molecule has 0 aliphatic heterocycles. The average molecular weight is 392 g/mol. The van der Waals surface area contributed by atoms with Crippen LogP contribution in [0.2, 0.25) is 0 Å². The lowest BCUT2D eigenvalue weighted by atomic mass is 10.1. The summed E-state index contributed by atoms with van der Waals surface area (Å²) in [7, 11) is 0. The molecular weight excluding hydrogens is 350 g/mol. The van der Waals surface area contributed by atoms with E-state index >= 15 is 0 Å². The van der Waals surface area contributed by atoms with Gasteiger partial charge >= 0.3 is 0 Å². The number of hydrogen-bond acceptors (Lipinski definition) is 4. The number of unbranched alkanes of at least 4 members (excludes halogenated alkanes) is 11. The van der Waals surface area contributed by atoms with E-state index < -0.39 is 6.29 Å². The summed E-state index contributed by atoms with van der Waals surface area (Å²) in [6, 6.07) is 0. The predicted molar refractivity (Wildman–Crippen MR) is 113 cm³/mol. The SMILES string of the molecule is CCCCCCCCC=CCCCCCCCC(=O)CNCC(O)O.Cl. The first kappa shape index (κ1) is 27.8. The Morgan fingerprint density at radius 2 is 1.35 bits per heavy atom. The summed E-state index contributed by atoms with van der Waals surface area (Å²) in [6.45, 7) is 2.55. The first-order valence-electron chi connectivity index (χ1n) is 10.4. The summed E-state index contributed by atoms with van der Waals surface area (Å²) in [5.41, 5.74) is 0. The first-order chi connectivity index (χ1) is 12.2. The molecule has 0 spiro atoms. The summed E-state index contributed by atoms with van der Waals surface area (Å²) in [5, 5.41) is 20.0. The molecule has 3 N–H and O–H groups in total. The number of nitrogens with one attached hydrogen (secondary N) is 1. The van der Waals surface area contributed by atoms with Crippen molar-refractivity contribution in [3.8, 4) is 0 Å². The van der Waals surface area contributed by atoms with Gasteiger partial charge in [-0.1, -0.05) is 70.4 Å². The maximum absolute atomic E-state index is 11.5. The fourth-order valence-electron chi connectivity index (χ4n) is 2.82. The van der Waals surface area contributed by atoms with Crippen LogP contribution in [0.15, 0.2) is 12.2 Å². The number of Topliss-reactive ketones (excluding diaryl/α,β-unsaturated/α-hetero) is 1. The van der Waals surface area contributed by atoms with Gasteiger partial charge in [-0.2, -0.15) is 0 Å². The summed E-state index contributed by atoms with van der Waals surface area (Å²) >= 11 is 0.